The number of hydrogen-bond acceptors (Lipinski definition) is 3. The van der Waals surface area contributed by atoms with Crippen LogP contribution in [-0.2, 0) is 11.3 Å². The van der Waals surface area contributed by atoms with E-state index in [0.717, 1.165) is 10.0 Å². The molecule has 0 saturated heterocycles. The standard InChI is InChI=1S/C9H12BrClN2O/c10-7-2-1-6(9(11)4-7)3-8(12)5-14-13/h1-2,4,8H,3,5,12-13H2. The van der Waals surface area contributed by atoms with Gasteiger partial charge in [-0.25, -0.2) is 5.90 Å². The van der Waals surface area contributed by atoms with Crippen LogP contribution < -0.4 is 11.6 Å². The lowest BCUT2D eigenvalue weighted by atomic mass is 10.1. The predicted molar refractivity (Wildman–Crippen MR) is 61.0 cm³/mol. The van der Waals surface area contributed by atoms with Crippen molar-refractivity contribution in [3.05, 3.63) is 33.3 Å². The fraction of sp³-hybridized carbons (Fsp3) is 0.333. The second-order valence-electron chi connectivity index (χ2n) is 3.03. The quantitative estimate of drug-likeness (QED) is 0.827. The van der Waals surface area contributed by atoms with Crippen molar-refractivity contribution in [1.82, 2.24) is 0 Å². The van der Waals surface area contributed by atoms with E-state index in [1.54, 1.807) is 0 Å². The van der Waals surface area contributed by atoms with Crippen molar-refractivity contribution in [3.8, 4) is 0 Å². The van der Waals surface area contributed by atoms with Crippen molar-refractivity contribution in [3.63, 3.8) is 0 Å². The lowest BCUT2D eigenvalue weighted by Crippen LogP contribution is -2.30. The maximum absolute atomic E-state index is 6.02. The Morgan fingerprint density at radius 3 is 2.79 bits per heavy atom. The van der Waals surface area contributed by atoms with Gasteiger partial charge in [0.1, 0.15) is 0 Å². The highest BCUT2D eigenvalue weighted by Crippen LogP contribution is 2.22. The van der Waals surface area contributed by atoms with E-state index in [9.17, 15) is 0 Å². The van der Waals surface area contributed by atoms with Crippen molar-refractivity contribution >= 4 is 27.5 Å². The van der Waals surface area contributed by atoms with Crippen molar-refractivity contribution in [2.75, 3.05) is 6.61 Å². The average Bonchev–Trinajstić information content (AvgIpc) is 2.10. The molecule has 1 aromatic carbocycles. The summed E-state index contributed by atoms with van der Waals surface area (Å²) in [5.74, 6) is 4.92. The van der Waals surface area contributed by atoms with Crippen LogP contribution >= 0.6 is 27.5 Å². The largest absolute Gasteiger partial charge is 0.325 e. The first-order chi connectivity index (χ1) is 6.63. The smallest absolute Gasteiger partial charge is 0.0833 e. The van der Waals surface area contributed by atoms with Gasteiger partial charge in [0.15, 0.2) is 0 Å². The molecule has 0 aliphatic carbocycles. The molecule has 1 atom stereocenters. The molecule has 14 heavy (non-hydrogen) atoms. The normalized spacial score (nSPS) is 12.9. The van der Waals surface area contributed by atoms with Crippen LogP contribution in [0.5, 0.6) is 0 Å². The summed E-state index contributed by atoms with van der Waals surface area (Å²) in [5, 5.41) is 0.701. The summed E-state index contributed by atoms with van der Waals surface area (Å²) in [7, 11) is 0. The minimum absolute atomic E-state index is 0.126. The Hall–Kier alpha value is -0.130. The lowest BCUT2D eigenvalue weighted by molar-refractivity contribution is 0.124. The van der Waals surface area contributed by atoms with E-state index in [1.165, 1.54) is 0 Å². The maximum atomic E-state index is 6.02. The van der Waals surface area contributed by atoms with Crippen LogP contribution in [0, 0.1) is 0 Å². The van der Waals surface area contributed by atoms with E-state index >= 15 is 0 Å². The molecule has 0 spiro atoms. The van der Waals surface area contributed by atoms with E-state index in [1.807, 2.05) is 18.2 Å². The van der Waals surface area contributed by atoms with Crippen LogP contribution in [0.3, 0.4) is 0 Å². The first-order valence-electron chi connectivity index (χ1n) is 4.14. The van der Waals surface area contributed by atoms with Crippen molar-refractivity contribution in [1.29, 1.82) is 0 Å². The third kappa shape index (κ3) is 3.55. The summed E-state index contributed by atoms with van der Waals surface area (Å²) in [6.07, 6.45) is 0.656. The highest BCUT2D eigenvalue weighted by Gasteiger charge is 2.07. The van der Waals surface area contributed by atoms with Crippen LogP contribution in [0.2, 0.25) is 5.02 Å². The zero-order valence-electron chi connectivity index (χ0n) is 7.54. The van der Waals surface area contributed by atoms with Gasteiger partial charge in [0.2, 0.25) is 0 Å². The van der Waals surface area contributed by atoms with Crippen molar-refractivity contribution < 1.29 is 4.84 Å². The third-order valence-electron chi connectivity index (χ3n) is 1.81. The van der Waals surface area contributed by atoms with Crippen LogP contribution in [0.25, 0.3) is 0 Å². The van der Waals surface area contributed by atoms with Crippen LogP contribution in [0.15, 0.2) is 22.7 Å². The Morgan fingerprint density at radius 2 is 2.21 bits per heavy atom. The molecule has 0 aromatic heterocycles. The summed E-state index contributed by atoms with van der Waals surface area (Å²) in [4.78, 5) is 4.46. The zero-order valence-corrected chi connectivity index (χ0v) is 9.88. The summed E-state index contributed by atoms with van der Waals surface area (Å²) in [5.41, 5.74) is 6.75. The average molecular weight is 280 g/mol. The molecular formula is C9H12BrClN2O. The molecule has 1 rings (SSSR count). The third-order valence-corrected chi connectivity index (χ3v) is 2.65. The minimum Gasteiger partial charge on any atom is -0.325 e. The van der Waals surface area contributed by atoms with Gasteiger partial charge in [-0.2, -0.15) is 0 Å². The summed E-state index contributed by atoms with van der Waals surface area (Å²) in [6.45, 7) is 0.326. The van der Waals surface area contributed by atoms with Crippen LogP contribution in [0.4, 0.5) is 0 Å². The number of nitrogens with two attached hydrogens (primary N) is 2. The molecule has 0 aliphatic rings. The molecule has 0 aliphatic heterocycles. The Kier molecular flexibility index (Phi) is 4.84. The summed E-state index contributed by atoms with van der Waals surface area (Å²) in [6, 6.07) is 5.58. The second-order valence-corrected chi connectivity index (χ2v) is 4.36. The molecule has 0 saturated carbocycles. The van der Waals surface area contributed by atoms with Gasteiger partial charge < -0.3 is 10.6 Å². The highest BCUT2D eigenvalue weighted by atomic mass is 79.9. The van der Waals surface area contributed by atoms with Gasteiger partial charge in [-0.05, 0) is 24.1 Å². The summed E-state index contributed by atoms with van der Waals surface area (Å²) < 4.78 is 0.954. The number of benzene rings is 1. The van der Waals surface area contributed by atoms with Gasteiger partial charge in [-0.15, -0.1) is 0 Å². The van der Waals surface area contributed by atoms with E-state index in [4.69, 9.17) is 23.2 Å². The Morgan fingerprint density at radius 1 is 1.50 bits per heavy atom. The van der Waals surface area contributed by atoms with E-state index in [-0.39, 0.29) is 6.04 Å². The van der Waals surface area contributed by atoms with Crippen LogP contribution in [-0.4, -0.2) is 12.6 Å². The fourth-order valence-corrected chi connectivity index (χ4v) is 1.90. The van der Waals surface area contributed by atoms with Crippen LogP contribution in [0.1, 0.15) is 5.56 Å². The lowest BCUT2D eigenvalue weighted by Gasteiger charge is -2.11. The molecule has 5 heteroatoms. The number of halogens is 2. The molecule has 4 N–H and O–H groups in total. The first-order valence-corrected chi connectivity index (χ1v) is 5.31. The number of rotatable bonds is 4. The maximum Gasteiger partial charge on any atom is 0.0833 e. The second kappa shape index (κ2) is 5.68. The first kappa shape index (κ1) is 11.9. The van der Waals surface area contributed by atoms with Gasteiger partial charge in [0.05, 0.1) is 6.61 Å². The summed E-state index contributed by atoms with van der Waals surface area (Å²) >= 11 is 9.35. The van der Waals surface area contributed by atoms with Gasteiger partial charge in [-0.1, -0.05) is 33.6 Å². The zero-order chi connectivity index (χ0) is 10.6. The monoisotopic (exact) mass is 278 g/mol. The Balaban J connectivity index is 2.67. The van der Waals surface area contributed by atoms with E-state index in [0.29, 0.717) is 18.1 Å². The van der Waals surface area contributed by atoms with Gasteiger partial charge >= 0.3 is 0 Å². The van der Waals surface area contributed by atoms with E-state index < -0.39 is 0 Å². The molecule has 78 valence electrons. The Labute approximate surface area is 96.4 Å². The van der Waals surface area contributed by atoms with Gasteiger partial charge in [0, 0.05) is 15.5 Å². The predicted octanol–water partition coefficient (Wildman–Crippen LogP) is 1.86. The molecule has 1 unspecified atom stereocenters. The molecule has 0 amide bonds. The molecule has 0 fully saturated rings. The minimum atomic E-state index is -0.126. The molecule has 0 bridgehead atoms. The van der Waals surface area contributed by atoms with Gasteiger partial charge in [0.25, 0.3) is 0 Å². The molecular weight excluding hydrogens is 267 g/mol. The topological polar surface area (TPSA) is 61.3 Å². The molecule has 1 aromatic rings. The Bertz CT molecular complexity index is 309. The molecule has 3 nitrogen and oxygen atoms in total. The van der Waals surface area contributed by atoms with E-state index in [2.05, 4.69) is 20.8 Å². The SMILES string of the molecule is NOCC(N)Cc1ccc(Br)cc1Cl. The fourth-order valence-electron chi connectivity index (χ4n) is 1.15. The highest BCUT2D eigenvalue weighted by molar-refractivity contribution is 9.10. The van der Waals surface area contributed by atoms with Crippen molar-refractivity contribution in [2.45, 2.75) is 12.5 Å². The number of hydrogen-bond donors (Lipinski definition) is 2. The molecule has 0 radical (unpaired) electrons. The molecule has 0 heterocycles. The van der Waals surface area contributed by atoms with Crippen molar-refractivity contribution in [2.24, 2.45) is 11.6 Å². The van der Waals surface area contributed by atoms with Gasteiger partial charge in [-0.3, -0.25) is 0 Å².